The Morgan fingerprint density at radius 3 is 2.00 bits per heavy atom. The predicted molar refractivity (Wildman–Crippen MR) is 50.0 cm³/mol. The molecule has 0 aromatic heterocycles. The highest BCUT2D eigenvalue weighted by atomic mass is 16.4. The molecular formula is C9H17NO5. The predicted octanol–water partition coefficient (Wildman–Crippen LogP) is -3.12. The van der Waals surface area contributed by atoms with Crippen LogP contribution in [0.15, 0.2) is 0 Å². The zero-order valence-corrected chi connectivity index (χ0v) is 8.43. The van der Waals surface area contributed by atoms with E-state index >= 15 is 0 Å². The van der Waals surface area contributed by atoms with E-state index in [0.29, 0.717) is 0 Å². The van der Waals surface area contributed by atoms with Crippen molar-refractivity contribution in [2.45, 2.75) is 49.5 Å². The number of aliphatic hydroxyl groups is 5. The molecular weight excluding hydrogens is 202 g/mol. The van der Waals surface area contributed by atoms with Gasteiger partial charge < -0.3 is 25.5 Å². The number of rotatable bonds is 1. The van der Waals surface area contributed by atoms with Gasteiger partial charge in [0.1, 0.15) is 0 Å². The molecule has 2 fully saturated rings. The van der Waals surface area contributed by atoms with Crippen LogP contribution in [0.3, 0.4) is 0 Å². The molecule has 0 aromatic carbocycles. The summed E-state index contributed by atoms with van der Waals surface area (Å²) >= 11 is 0. The SMILES string of the molecule is C[C@@H]1[C@@H](O)[C@H](O)[C@H]2[C@H](O)[C@@H](O)[C@H](CO)N21. The van der Waals surface area contributed by atoms with Crippen LogP contribution < -0.4 is 0 Å². The molecule has 6 heteroatoms. The van der Waals surface area contributed by atoms with Gasteiger partial charge in [-0.15, -0.1) is 0 Å². The Kier molecular flexibility index (Phi) is 2.74. The normalized spacial score (nSPS) is 56.0. The van der Waals surface area contributed by atoms with Crippen LogP contribution in [0.1, 0.15) is 6.92 Å². The van der Waals surface area contributed by atoms with E-state index in [0.717, 1.165) is 0 Å². The molecule has 0 amide bonds. The summed E-state index contributed by atoms with van der Waals surface area (Å²) < 4.78 is 0. The molecule has 15 heavy (non-hydrogen) atoms. The van der Waals surface area contributed by atoms with E-state index in [-0.39, 0.29) is 12.6 Å². The topological polar surface area (TPSA) is 104 Å². The first-order valence-electron chi connectivity index (χ1n) is 5.11. The Morgan fingerprint density at radius 1 is 0.933 bits per heavy atom. The van der Waals surface area contributed by atoms with Gasteiger partial charge in [-0.2, -0.15) is 0 Å². The monoisotopic (exact) mass is 219 g/mol. The average Bonchev–Trinajstić information content (AvgIpc) is 2.59. The summed E-state index contributed by atoms with van der Waals surface area (Å²) in [4.78, 5) is 1.60. The smallest absolute Gasteiger partial charge is 0.0996 e. The largest absolute Gasteiger partial charge is 0.395 e. The minimum absolute atomic E-state index is 0.307. The summed E-state index contributed by atoms with van der Waals surface area (Å²) in [6, 6.07) is -1.69. The van der Waals surface area contributed by atoms with Crippen molar-refractivity contribution in [1.82, 2.24) is 4.90 Å². The van der Waals surface area contributed by atoms with Gasteiger partial charge in [-0.05, 0) is 6.92 Å². The van der Waals surface area contributed by atoms with E-state index in [9.17, 15) is 20.4 Å². The third-order valence-electron chi connectivity index (χ3n) is 3.67. The lowest BCUT2D eigenvalue weighted by Gasteiger charge is -2.27. The molecule has 6 nitrogen and oxygen atoms in total. The molecule has 0 bridgehead atoms. The van der Waals surface area contributed by atoms with Gasteiger partial charge in [0, 0.05) is 6.04 Å². The number of hydrogen-bond donors (Lipinski definition) is 5. The van der Waals surface area contributed by atoms with Crippen LogP contribution in [-0.4, -0.2) is 79.6 Å². The van der Waals surface area contributed by atoms with E-state index in [1.807, 2.05) is 0 Å². The second kappa shape index (κ2) is 3.65. The van der Waals surface area contributed by atoms with Crippen molar-refractivity contribution in [3.63, 3.8) is 0 Å². The lowest BCUT2D eigenvalue weighted by Crippen LogP contribution is -2.45. The van der Waals surface area contributed by atoms with E-state index < -0.39 is 36.5 Å². The summed E-state index contributed by atoms with van der Waals surface area (Å²) in [7, 11) is 0. The number of nitrogens with zero attached hydrogens (tertiary/aromatic N) is 1. The molecule has 2 aliphatic heterocycles. The molecule has 88 valence electrons. The minimum atomic E-state index is -1.13. The number of fused-ring (bicyclic) bond motifs is 1. The maximum absolute atomic E-state index is 9.70. The molecule has 5 N–H and O–H groups in total. The quantitative estimate of drug-likeness (QED) is 0.319. The van der Waals surface area contributed by atoms with Gasteiger partial charge in [0.2, 0.25) is 0 Å². The Morgan fingerprint density at radius 2 is 1.47 bits per heavy atom. The van der Waals surface area contributed by atoms with E-state index in [1.54, 1.807) is 11.8 Å². The molecule has 0 aliphatic carbocycles. The molecule has 0 saturated carbocycles. The molecule has 2 heterocycles. The van der Waals surface area contributed by atoms with E-state index in [1.165, 1.54) is 0 Å². The fourth-order valence-electron chi connectivity index (χ4n) is 2.82. The standard InChI is InChI=1S/C9H17NO5/c1-3-6(12)8(14)5-9(15)7(13)4(2-11)10(3)5/h3-9,11-15H,2H2,1H3/t3-,4+,5+,6-,7+,8-,9+/m1/s1. The first kappa shape index (κ1) is 11.3. The first-order chi connectivity index (χ1) is 7.00. The number of hydrogen-bond acceptors (Lipinski definition) is 6. The van der Waals surface area contributed by atoms with Gasteiger partial charge in [0.25, 0.3) is 0 Å². The van der Waals surface area contributed by atoms with Crippen LogP contribution in [0.25, 0.3) is 0 Å². The maximum Gasteiger partial charge on any atom is 0.0996 e. The van der Waals surface area contributed by atoms with Crippen LogP contribution in [0.2, 0.25) is 0 Å². The highest BCUT2D eigenvalue weighted by Gasteiger charge is 2.59. The van der Waals surface area contributed by atoms with Gasteiger partial charge in [0.05, 0.1) is 43.1 Å². The lowest BCUT2D eigenvalue weighted by atomic mass is 10.00. The Balaban J connectivity index is 2.29. The highest BCUT2D eigenvalue weighted by Crippen LogP contribution is 2.37. The molecule has 2 aliphatic rings. The maximum atomic E-state index is 9.70. The highest BCUT2D eigenvalue weighted by molar-refractivity contribution is 5.12. The van der Waals surface area contributed by atoms with Crippen LogP contribution in [-0.2, 0) is 0 Å². The number of aliphatic hydroxyl groups excluding tert-OH is 5. The Hall–Kier alpha value is -0.240. The average molecular weight is 219 g/mol. The molecule has 0 unspecified atom stereocenters. The van der Waals surface area contributed by atoms with Gasteiger partial charge >= 0.3 is 0 Å². The van der Waals surface area contributed by atoms with E-state index in [2.05, 4.69) is 0 Å². The van der Waals surface area contributed by atoms with Crippen molar-refractivity contribution >= 4 is 0 Å². The molecule has 0 spiro atoms. The van der Waals surface area contributed by atoms with Gasteiger partial charge in [-0.1, -0.05) is 0 Å². The fraction of sp³-hybridized carbons (Fsp3) is 1.00. The van der Waals surface area contributed by atoms with Crippen LogP contribution in [0.5, 0.6) is 0 Å². The molecule has 0 radical (unpaired) electrons. The summed E-state index contributed by atoms with van der Waals surface area (Å²) in [5, 5.41) is 47.8. The van der Waals surface area contributed by atoms with Crippen LogP contribution >= 0.6 is 0 Å². The lowest BCUT2D eigenvalue weighted by molar-refractivity contribution is -0.0321. The van der Waals surface area contributed by atoms with Gasteiger partial charge in [-0.25, -0.2) is 0 Å². The zero-order valence-electron chi connectivity index (χ0n) is 8.43. The third-order valence-corrected chi connectivity index (χ3v) is 3.67. The van der Waals surface area contributed by atoms with Crippen molar-refractivity contribution in [3.05, 3.63) is 0 Å². The van der Waals surface area contributed by atoms with Crippen molar-refractivity contribution in [2.24, 2.45) is 0 Å². The molecule has 0 aromatic rings. The first-order valence-corrected chi connectivity index (χ1v) is 5.11. The molecule has 2 saturated heterocycles. The summed E-state index contributed by atoms with van der Waals surface area (Å²) in [6.45, 7) is 1.39. The van der Waals surface area contributed by atoms with Crippen molar-refractivity contribution in [1.29, 1.82) is 0 Å². The second-order valence-electron chi connectivity index (χ2n) is 4.39. The summed E-state index contributed by atoms with van der Waals surface area (Å²) in [6.07, 6.45) is -4.24. The van der Waals surface area contributed by atoms with E-state index in [4.69, 9.17) is 5.11 Å². The Bertz CT molecular complexity index is 251. The summed E-state index contributed by atoms with van der Waals surface area (Å²) in [5.74, 6) is 0. The second-order valence-corrected chi connectivity index (χ2v) is 4.39. The van der Waals surface area contributed by atoms with Crippen molar-refractivity contribution < 1.29 is 25.5 Å². The fourth-order valence-corrected chi connectivity index (χ4v) is 2.82. The van der Waals surface area contributed by atoms with Gasteiger partial charge in [-0.3, -0.25) is 4.90 Å². The van der Waals surface area contributed by atoms with Crippen molar-refractivity contribution in [2.75, 3.05) is 6.61 Å². The molecule has 2 rings (SSSR count). The minimum Gasteiger partial charge on any atom is -0.395 e. The Labute approximate surface area is 87.4 Å². The van der Waals surface area contributed by atoms with Gasteiger partial charge in [0.15, 0.2) is 0 Å². The molecule has 7 atom stereocenters. The van der Waals surface area contributed by atoms with Crippen molar-refractivity contribution in [3.8, 4) is 0 Å². The summed E-state index contributed by atoms with van der Waals surface area (Å²) in [5.41, 5.74) is 0. The third kappa shape index (κ3) is 1.33. The van der Waals surface area contributed by atoms with Crippen LogP contribution in [0.4, 0.5) is 0 Å². The zero-order chi connectivity index (χ0) is 11.3. The van der Waals surface area contributed by atoms with Crippen LogP contribution in [0, 0.1) is 0 Å².